The van der Waals surface area contributed by atoms with Gasteiger partial charge < -0.3 is 9.68 Å². The van der Waals surface area contributed by atoms with Crippen LogP contribution >= 0.6 is 0 Å². The molecule has 0 aliphatic rings. The van der Waals surface area contributed by atoms with Crippen LogP contribution in [0, 0.1) is 5.92 Å². The Balaban J connectivity index is 2.20. The molecule has 0 saturated heterocycles. The van der Waals surface area contributed by atoms with Crippen molar-refractivity contribution in [3.05, 3.63) is 24.7 Å². The van der Waals surface area contributed by atoms with Gasteiger partial charge in [0.2, 0.25) is 0 Å². The lowest BCUT2D eigenvalue weighted by molar-refractivity contribution is 0.0423. The van der Waals surface area contributed by atoms with Gasteiger partial charge in [-0.25, -0.2) is 9.50 Å². The van der Waals surface area contributed by atoms with Crippen molar-refractivity contribution >= 4 is 18.2 Å². The van der Waals surface area contributed by atoms with Crippen molar-refractivity contribution < 1.29 is 9.68 Å². The Morgan fingerprint density at radius 3 is 2.83 bits per heavy atom. The van der Waals surface area contributed by atoms with Gasteiger partial charge >= 0.3 is 7.12 Å². The van der Waals surface area contributed by atoms with Crippen LogP contribution in [0.15, 0.2) is 24.7 Å². The van der Waals surface area contributed by atoms with E-state index < -0.39 is 12.7 Å². The Bertz CT molecular complexity index is 539. The maximum absolute atomic E-state index is 10.1. The molecule has 96 valence electrons. The molecule has 0 bridgehead atoms. The molecule has 2 heterocycles. The maximum atomic E-state index is 10.1. The number of hydrogen-bond acceptors (Lipinski definition) is 4. The Labute approximate surface area is 107 Å². The molecule has 5 nitrogen and oxygen atoms in total. The van der Waals surface area contributed by atoms with Gasteiger partial charge in [-0.15, -0.1) is 0 Å². The number of fused-ring (bicyclic) bond motifs is 1. The maximum Gasteiger partial charge on any atom is 0.494 e. The molecule has 0 fully saturated rings. The van der Waals surface area contributed by atoms with Crippen molar-refractivity contribution in [3.63, 3.8) is 0 Å². The normalized spacial score (nSPS) is 12.3. The summed E-state index contributed by atoms with van der Waals surface area (Å²) in [5.41, 5.74) is 0.937. The summed E-state index contributed by atoms with van der Waals surface area (Å²) in [6.07, 6.45) is 5.00. The molecule has 2 aromatic heterocycles. The van der Waals surface area contributed by atoms with Crippen LogP contribution in [0.2, 0.25) is 0 Å². The number of rotatable bonds is 4. The van der Waals surface area contributed by atoms with E-state index in [2.05, 4.69) is 23.9 Å². The zero-order valence-corrected chi connectivity index (χ0v) is 11.2. The van der Waals surface area contributed by atoms with Gasteiger partial charge in [-0.2, -0.15) is 5.10 Å². The van der Waals surface area contributed by atoms with E-state index in [1.807, 2.05) is 13.8 Å². The van der Waals surface area contributed by atoms with E-state index in [0.29, 0.717) is 11.4 Å². The fourth-order valence-corrected chi connectivity index (χ4v) is 1.44. The van der Waals surface area contributed by atoms with Crippen molar-refractivity contribution in [2.75, 3.05) is 0 Å². The standard InChI is InChI=1S/C12H18BN3O2/c1-9(2)12(3,4)18-13(17)10-7-14-11-5-6-15-16(11)8-10/h5-9,17H,1-4H3. The van der Waals surface area contributed by atoms with Crippen LogP contribution in [-0.2, 0) is 4.65 Å². The fraction of sp³-hybridized carbons (Fsp3) is 0.500. The van der Waals surface area contributed by atoms with Gasteiger partial charge in [0.1, 0.15) is 0 Å². The summed E-state index contributed by atoms with van der Waals surface area (Å²) in [7, 11) is -0.997. The van der Waals surface area contributed by atoms with E-state index in [-0.39, 0.29) is 0 Å². The molecule has 0 radical (unpaired) electrons. The minimum atomic E-state index is -0.997. The van der Waals surface area contributed by atoms with Gasteiger partial charge in [-0.1, -0.05) is 13.8 Å². The fourth-order valence-electron chi connectivity index (χ4n) is 1.44. The molecule has 2 aromatic rings. The molecule has 0 aromatic carbocycles. The van der Waals surface area contributed by atoms with Crippen LogP contribution in [0.4, 0.5) is 0 Å². The highest BCUT2D eigenvalue weighted by Gasteiger charge is 2.30. The Hall–Kier alpha value is -1.40. The quantitative estimate of drug-likeness (QED) is 0.814. The summed E-state index contributed by atoms with van der Waals surface area (Å²) >= 11 is 0. The third-order valence-corrected chi connectivity index (χ3v) is 3.36. The third-order valence-electron chi connectivity index (χ3n) is 3.36. The molecule has 2 rings (SSSR count). The van der Waals surface area contributed by atoms with Crippen molar-refractivity contribution in [2.24, 2.45) is 5.92 Å². The molecule has 0 amide bonds. The van der Waals surface area contributed by atoms with Crippen LogP contribution in [0.3, 0.4) is 0 Å². The summed E-state index contributed by atoms with van der Waals surface area (Å²) in [6, 6.07) is 1.80. The predicted molar refractivity (Wildman–Crippen MR) is 70.6 cm³/mol. The van der Waals surface area contributed by atoms with Crippen molar-refractivity contribution in [2.45, 2.75) is 33.3 Å². The molecule has 0 spiro atoms. The van der Waals surface area contributed by atoms with Gasteiger partial charge in [0.05, 0.1) is 11.8 Å². The molecule has 0 unspecified atom stereocenters. The second-order valence-corrected chi connectivity index (χ2v) is 5.25. The van der Waals surface area contributed by atoms with Gasteiger partial charge in [0.15, 0.2) is 5.65 Å². The summed E-state index contributed by atoms with van der Waals surface area (Å²) in [4.78, 5) is 4.20. The molecule has 6 heteroatoms. The van der Waals surface area contributed by atoms with E-state index in [0.717, 1.165) is 5.65 Å². The average molecular weight is 247 g/mol. The van der Waals surface area contributed by atoms with Crippen LogP contribution in [-0.4, -0.2) is 32.3 Å². The Morgan fingerprint density at radius 2 is 2.17 bits per heavy atom. The SMILES string of the molecule is CC(C)C(C)(C)OB(O)c1cnc2ccnn2c1. The highest BCUT2D eigenvalue weighted by Crippen LogP contribution is 2.20. The lowest BCUT2D eigenvalue weighted by Crippen LogP contribution is -2.44. The summed E-state index contributed by atoms with van der Waals surface area (Å²) < 4.78 is 7.30. The molecule has 0 saturated carbocycles. The molecule has 1 N–H and O–H groups in total. The highest BCUT2D eigenvalue weighted by molar-refractivity contribution is 6.59. The zero-order valence-electron chi connectivity index (χ0n) is 11.2. The van der Waals surface area contributed by atoms with E-state index in [1.54, 1.807) is 29.2 Å². The molecular weight excluding hydrogens is 229 g/mol. The largest absolute Gasteiger partial charge is 0.494 e. The first-order chi connectivity index (χ1) is 8.40. The second kappa shape index (κ2) is 4.70. The van der Waals surface area contributed by atoms with Crippen LogP contribution < -0.4 is 5.46 Å². The number of nitrogens with zero attached hydrogens (tertiary/aromatic N) is 3. The summed E-state index contributed by atoms with van der Waals surface area (Å²) in [5.74, 6) is 0.300. The average Bonchev–Trinajstić information content (AvgIpc) is 2.74. The number of hydrogen-bond donors (Lipinski definition) is 1. The predicted octanol–water partition coefficient (Wildman–Crippen LogP) is 0.868. The minimum Gasteiger partial charge on any atom is -0.423 e. The minimum absolute atomic E-state index is 0.300. The van der Waals surface area contributed by atoms with Gasteiger partial charge in [0, 0.05) is 23.9 Å². The van der Waals surface area contributed by atoms with Crippen LogP contribution in [0.5, 0.6) is 0 Å². The van der Waals surface area contributed by atoms with Crippen LogP contribution in [0.25, 0.3) is 5.65 Å². The molecule has 18 heavy (non-hydrogen) atoms. The smallest absolute Gasteiger partial charge is 0.423 e. The zero-order chi connectivity index (χ0) is 13.3. The number of aromatic nitrogens is 3. The van der Waals surface area contributed by atoms with Crippen molar-refractivity contribution in [1.29, 1.82) is 0 Å². The lowest BCUT2D eigenvalue weighted by Gasteiger charge is -2.31. The third kappa shape index (κ3) is 2.54. The van der Waals surface area contributed by atoms with E-state index in [4.69, 9.17) is 4.65 Å². The van der Waals surface area contributed by atoms with Crippen molar-refractivity contribution in [3.8, 4) is 0 Å². The first-order valence-corrected chi connectivity index (χ1v) is 6.05. The summed E-state index contributed by atoms with van der Waals surface area (Å²) in [5, 5.41) is 14.2. The van der Waals surface area contributed by atoms with Gasteiger partial charge in [0.25, 0.3) is 0 Å². The molecule has 0 aliphatic carbocycles. The second-order valence-electron chi connectivity index (χ2n) is 5.25. The lowest BCUT2D eigenvalue weighted by atomic mass is 9.79. The van der Waals surface area contributed by atoms with Crippen molar-refractivity contribution in [1.82, 2.24) is 14.6 Å². The first kappa shape index (κ1) is 13.0. The van der Waals surface area contributed by atoms with E-state index in [1.165, 1.54) is 0 Å². The Kier molecular flexibility index (Phi) is 3.41. The van der Waals surface area contributed by atoms with Crippen LogP contribution in [0.1, 0.15) is 27.7 Å². The molecule has 0 aliphatic heterocycles. The van der Waals surface area contributed by atoms with Gasteiger partial charge in [-0.3, -0.25) is 0 Å². The van der Waals surface area contributed by atoms with E-state index >= 15 is 0 Å². The highest BCUT2D eigenvalue weighted by atomic mass is 16.5. The first-order valence-electron chi connectivity index (χ1n) is 6.05. The van der Waals surface area contributed by atoms with Gasteiger partial charge in [-0.05, 0) is 19.8 Å². The van der Waals surface area contributed by atoms with E-state index in [9.17, 15) is 5.02 Å². The monoisotopic (exact) mass is 247 g/mol. The molecule has 0 atom stereocenters. The molecular formula is C12H18BN3O2. The Morgan fingerprint density at radius 1 is 1.44 bits per heavy atom. The summed E-state index contributed by atoms with van der Waals surface area (Å²) in [6.45, 7) is 8.03. The topological polar surface area (TPSA) is 59.7 Å².